The van der Waals surface area contributed by atoms with E-state index in [4.69, 9.17) is 25.8 Å². The van der Waals surface area contributed by atoms with E-state index >= 15 is 0 Å². The Morgan fingerprint density at radius 3 is 2.33 bits per heavy atom. The topological polar surface area (TPSA) is 99.2 Å². The lowest BCUT2D eigenvalue weighted by atomic mass is 9.93. The molecule has 1 saturated heterocycles. The van der Waals surface area contributed by atoms with Gasteiger partial charge in [-0.15, -0.1) is 11.8 Å². The van der Waals surface area contributed by atoms with Crippen molar-refractivity contribution in [3.8, 4) is 0 Å². The molecular weight excluding hydrogens is 477 g/mol. The highest BCUT2D eigenvalue weighted by Crippen LogP contribution is 2.39. The second kappa shape index (κ2) is 9.82. The van der Waals surface area contributed by atoms with E-state index in [2.05, 4.69) is 0 Å². The number of nitrogens with zero attached hydrogens (tertiary/aromatic N) is 1. The second-order valence-electron chi connectivity index (χ2n) is 7.85. The fraction of sp³-hybridized carbons (Fsp3) is 0.455. The zero-order valence-corrected chi connectivity index (χ0v) is 19.3. The predicted octanol–water partition coefficient (Wildman–Crippen LogP) is 3.19. The molecule has 0 N–H and O–H groups in total. The molecule has 176 valence electrons. The van der Waals surface area contributed by atoms with Crippen molar-refractivity contribution in [1.82, 2.24) is 0 Å². The number of benzene rings is 1. The quantitative estimate of drug-likeness (QED) is 0.336. The van der Waals surface area contributed by atoms with E-state index in [-0.39, 0.29) is 29.7 Å². The first-order valence-electron chi connectivity index (χ1n) is 10.4. The first kappa shape index (κ1) is 23.7. The summed E-state index contributed by atoms with van der Waals surface area (Å²) in [5.41, 5.74) is 0.692. The normalized spacial score (nSPS) is 22.6. The van der Waals surface area contributed by atoms with Crippen molar-refractivity contribution >= 4 is 52.8 Å². The Balaban J connectivity index is 1.45. The van der Waals surface area contributed by atoms with Gasteiger partial charge >= 0.3 is 11.9 Å². The summed E-state index contributed by atoms with van der Waals surface area (Å²) in [5.74, 6) is -3.12. The zero-order chi connectivity index (χ0) is 23.7. The van der Waals surface area contributed by atoms with Gasteiger partial charge in [0.1, 0.15) is 5.82 Å². The Kier molecular flexibility index (Phi) is 7.06. The molecule has 2 unspecified atom stereocenters. The van der Waals surface area contributed by atoms with Crippen molar-refractivity contribution in [1.29, 1.82) is 0 Å². The number of hydrogen-bond acceptors (Lipinski definition) is 8. The van der Waals surface area contributed by atoms with Crippen molar-refractivity contribution in [2.75, 3.05) is 23.9 Å². The van der Waals surface area contributed by atoms with Crippen LogP contribution in [0.3, 0.4) is 0 Å². The van der Waals surface area contributed by atoms with E-state index in [1.165, 1.54) is 13.0 Å². The van der Waals surface area contributed by atoms with Gasteiger partial charge in [-0.25, -0.2) is 9.29 Å². The van der Waals surface area contributed by atoms with Crippen LogP contribution in [0.5, 0.6) is 0 Å². The fourth-order valence-corrected chi connectivity index (χ4v) is 5.09. The molecule has 0 saturated carbocycles. The van der Waals surface area contributed by atoms with Crippen LogP contribution in [0, 0.1) is 5.82 Å². The first-order valence-corrected chi connectivity index (χ1v) is 11.8. The number of halogens is 2. The van der Waals surface area contributed by atoms with Gasteiger partial charge in [0.15, 0.2) is 12.2 Å². The smallest absolute Gasteiger partial charge is 0.316 e. The second-order valence-corrected chi connectivity index (χ2v) is 9.27. The molecule has 2 heterocycles. The standard InChI is InChI=1S/C22H21ClFNO7S/c1-11(26)31-17-8-30-9-18(17)32-20(27)10-33-19-7-16(15(24)6-14(19)23)25-21(28)12-4-2-3-5-13(12)22(25)29/h6-7,17-18H,2-5,8-10H2,1H3. The van der Waals surface area contributed by atoms with E-state index in [0.717, 1.165) is 35.6 Å². The van der Waals surface area contributed by atoms with E-state index in [0.29, 0.717) is 28.9 Å². The third-order valence-corrected chi connectivity index (χ3v) is 7.01. The third-order valence-electron chi connectivity index (χ3n) is 5.56. The lowest BCUT2D eigenvalue weighted by molar-refractivity contribution is -0.160. The summed E-state index contributed by atoms with van der Waals surface area (Å²) in [7, 11) is 0. The summed E-state index contributed by atoms with van der Waals surface area (Å²) in [4.78, 5) is 50.2. The van der Waals surface area contributed by atoms with E-state index in [1.54, 1.807) is 0 Å². The first-order chi connectivity index (χ1) is 15.8. The number of hydrogen-bond donors (Lipinski definition) is 0. The van der Waals surface area contributed by atoms with Crippen LogP contribution in [0.25, 0.3) is 0 Å². The van der Waals surface area contributed by atoms with Gasteiger partial charge in [0.25, 0.3) is 11.8 Å². The third kappa shape index (κ3) is 4.92. The zero-order valence-electron chi connectivity index (χ0n) is 17.7. The van der Waals surface area contributed by atoms with E-state index in [9.17, 15) is 23.6 Å². The van der Waals surface area contributed by atoms with Gasteiger partial charge in [-0.2, -0.15) is 0 Å². The predicted molar refractivity (Wildman–Crippen MR) is 116 cm³/mol. The molecule has 1 aromatic carbocycles. The molecule has 1 fully saturated rings. The number of thioether (sulfide) groups is 1. The molecular formula is C22H21ClFNO7S. The molecule has 11 heteroatoms. The van der Waals surface area contributed by atoms with Crippen LogP contribution < -0.4 is 4.90 Å². The van der Waals surface area contributed by atoms with E-state index < -0.39 is 41.8 Å². The molecule has 0 radical (unpaired) electrons. The van der Waals surface area contributed by atoms with Crippen molar-refractivity contribution < 1.29 is 37.8 Å². The Labute approximate surface area is 198 Å². The van der Waals surface area contributed by atoms with Crippen LogP contribution in [-0.2, 0) is 33.4 Å². The number of esters is 2. The van der Waals surface area contributed by atoms with E-state index in [1.807, 2.05) is 0 Å². The summed E-state index contributed by atoms with van der Waals surface area (Å²) >= 11 is 7.13. The molecule has 1 aliphatic carbocycles. The van der Waals surface area contributed by atoms with Crippen molar-refractivity contribution in [3.63, 3.8) is 0 Å². The van der Waals surface area contributed by atoms with Crippen LogP contribution in [0.15, 0.2) is 28.2 Å². The molecule has 4 rings (SSSR count). The van der Waals surface area contributed by atoms with Crippen LogP contribution >= 0.6 is 23.4 Å². The summed E-state index contributed by atoms with van der Waals surface area (Å²) < 4.78 is 30.3. The number of carbonyl (C=O) groups excluding carboxylic acids is 4. The molecule has 2 aliphatic heterocycles. The largest absolute Gasteiger partial charge is 0.456 e. The van der Waals surface area contributed by atoms with Crippen LogP contribution in [0.2, 0.25) is 5.02 Å². The molecule has 0 spiro atoms. The van der Waals surface area contributed by atoms with Crippen LogP contribution in [-0.4, -0.2) is 54.9 Å². The lowest BCUT2D eigenvalue weighted by Gasteiger charge is -2.19. The van der Waals surface area contributed by atoms with Gasteiger partial charge in [-0.05, 0) is 37.8 Å². The Morgan fingerprint density at radius 1 is 1.12 bits per heavy atom. The minimum Gasteiger partial charge on any atom is -0.456 e. The monoisotopic (exact) mass is 497 g/mol. The number of carbonyl (C=O) groups is 4. The fourth-order valence-electron chi connectivity index (χ4n) is 4.05. The van der Waals surface area contributed by atoms with Gasteiger partial charge in [0.2, 0.25) is 0 Å². The molecule has 8 nitrogen and oxygen atoms in total. The number of amides is 2. The molecule has 0 bridgehead atoms. The average molecular weight is 498 g/mol. The molecule has 3 aliphatic rings. The SMILES string of the molecule is CC(=O)OC1COCC1OC(=O)CSc1cc(N2C(=O)C3=C(CCCC3)C2=O)c(F)cc1Cl. The molecule has 1 aromatic rings. The van der Waals surface area contributed by atoms with Gasteiger partial charge in [0.05, 0.1) is 29.7 Å². The molecule has 2 atom stereocenters. The summed E-state index contributed by atoms with van der Waals surface area (Å²) in [6, 6.07) is 2.31. The molecule has 2 amide bonds. The number of ether oxygens (including phenoxy) is 3. The Morgan fingerprint density at radius 2 is 1.73 bits per heavy atom. The summed E-state index contributed by atoms with van der Waals surface area (Å²) in [5, 5.41) is 0.0351. The Bertz CT molecular complexity index is 1030. The molecule has 33 heavy (non-hydrogen) atoms. The van der Waals surface area contributed by atoms with Crippen molar-refractivity contribution in [3.05, 3.63) is 34.1 Å². The summed E-state index contributed by atoms with van der Waals surface area (Å²) in [6.45, 7) is 1.49. The number of rotatable bonds is 6. The highest BCUT2D eigenvalue weighted by Gasteiger charge is 2.41. The van der Waals surface area contributed by atoms with Crippen molar-refractivity contribution in [2.45, 2.75) is 49.7 Å². The number of anilines is 1. The van der Waals surface area contributed by atoms with Gasteiger partial charge in [0, 0.05) is 23.0 Å². The van der Waals surface area contributed by atoms with Gasteiger partial charge in [-0.3, -0.25) is 19.2 Å². The highest BCUT2D eigenvalue weighted by molar-refractivity contribution is 8.00. The molecule has 0 aromatic heterocycles. The maximum absolute atomic E-state index is 14.7. The Hall–Kier alpha value is -2.43. The summed E-state index contributed by atoms with van der Waals surface area (Å²) in [6.07, 6.45) is 1.21. The minimum absolute atomic E-state index is 0.0351. The lowest BCUT2D eigenvalue weighted by Crippen LogP contribution is -2.33. The van der Waals surface area contributed by atoms with Gasteiger partial charge < -0.3 is 14.2 Å². The maximum atomic E-state index is 14.7. The maximum Gasteiger partial charge on any atom is 0.316 e. The highest BCUT2D eigenvalue weighted by atomic mass is 35.5. The van der Waals surface area contributed by atoms with Crippen LogP contribution in [0.1, 0.15) is 32.6 Å². The van der Waals surface area contributed by atoms with Crippen molar-refractivity contribution in [2.24, 2.45) is 0 Å². The average Bonchev–Trinajstić information content (AvgIpc) is 3.29. The minimum atomic E-state index is -0.805. The van der Waals surface area contributed by atoms with Crippen LogP contribution in [0.4, 0.5) is 10.1 Å². The number of imide groups is 1. The van der Waals surface area contributed by atoms with Gasteiger partial charge in [-0.1, -0.05) is 11.6 Å².